The van der Waals surface area contributed by atoms with Gasteiger partial charge in [-0.15, -0.1) is 0 Å². The van der Waals surface area contributed by atoms with Gasteiger partial charge in [-0.25, -0.2) is 0 Å². The molecule has 0 aliphatic heterocycles. The Bertz CT molecular complexity index is 239. The van der Waals surface area contributed by atoms with Crippen molar-refractivity contribution in [3.05, 3.63) is 0 Å². The summed E-state index contributed by atoms with van der Waals surface area (Å²) in [5.41, 5.74) is 0. The van der Waals surface area contributed by atoms with Crippen molar-refractivity contribution in [3.63, 3.8) is 0 Å². The first-order valence-electron chi connectivity index (χ1n) is 8.26. The number of alkyl halides is 1. The Morgan fingerprint density at radius 2 is 1.32 bits per heavy atom. The van der Waals surface area contributed by atoms with Crippen LogP contribution in [0.15, 0.2) is 0 Å². The summed E-state index contributed by atoms with van der Waals surface area (Å²) in [6, 6.07) is 0. The number of hydrogen-bond donors (Lipinski definition) is 0. The number of halogens is 1. The van der Waals surface area contributed by atoms with E-state index in [4.69, 9.17) is 18.9 Å². The van der Waals surface area contributed by atoms with Crippen LogP contribution >= 0.6 is 22.6 Å². The van der Waals surface area contributed by atoms with Crippen LogP contribution in [0.3, 0.4) is 0 Å². The van der Waals surface area contributed by atoms with Crippen LogP contribution in [0.2, 0.25) is 0 Å². The monoisotopic (exact) mass is 430 g/mol. The molecule has 0 radical (unpaired) electrons. The molecule has 0 aliphatic rings. The second-order valence-electron chi connectivity index (χ2n) is 4.91. The van der Waals surface area contributed by atoms with E-state index >= 15 is 0 Å². The van der Waals surface area contributed by atoms with Gasteiger partial charge in [0.1, 0.15) is 6.61 Å². The van der Waals surface area contributed by atoms with Crippen LogP contribution in [0.25, 0.3) is 0 Å². The molecule has 0 aromatic carbocycles. The SMILES string of the molecule is CCCC(=O)OCCOCCOCCOCCCCCCI. The fourth-order valence-corrected chi connectivity index (χ4v) is 2.22. The number of carbonyl (C=O) groups excluding carboxylic acids is 1. The van der Waals surface area contributed by atoms with Gasteiger partial charge in [0.25, 0.3) is 0 Å². The lowest BCUT2D eigenvalue weighted by Gasteiger charge is -2.07. The van der Waals surface area contributed by atoms with Crippen LogP contribution in [0, 0.1) is 0 Å². The van der Waals surface area contributed by atoms with Gasteiger partial charge in [0.15, 0.2) is 0 Å². The Morgan fingerprint density at radius 3 is 1.91 bits per heavy atom. The highest BCUT2D eigenvalue weighted by atomic mass is 127. The summed E-state index contributed by atoms with van der Waals surface area (Å²) in [7, 11) is 0. The first-order valence-corrected chi connectivity index (χ1v) is 9.78. The molecule has 0 saturated carbocycles. The maximum atomic E-state index is 11.1. The minimum Gasteiger partial charge on any atom is -0.463 e. The zero-order valence-corrected chi connectivity index (χ0v) is 16.0. The molecule has 0 aromatic heterocycles. The molecular weight excluding hydrogens is 399 g/mol. The maximum absolute atomic E-state index is 11.1. The highest BCUT2D eigenvalue weighted by molar-refractivity contribution is 14.1. The van der Waals surface area contributed by atoms with Crippen LogP contribution in [0.1, 0.15) is 45.4 Å². The summed E-state index contributed by atoms with van der Waals surface area (Å²) in [6.45, 7) is 5.81. The Kier molecular flexibility index (Phi) is 19.2. The molecule has 5 nitrogen and oxygen atoms in total. The zero-order valence-electron chi connectivity index (χ0n) is 13.8. The average Bonchev–Trinajstić information content (AvgIpc) is 2.51. The minimum absolute atomic E-state index is 0.159. The summed E-state index contributed by atoms with van der Waals surface area (Å²) in [6.07, 6.45) is 6.28. The third-order valence-corrected chi connectivity index (χ3v) is 3.62. The van der Waals surface area contributed by atoms with E-state index in [0.717, 1.165) is 19.4 Å². The first kappa shape index (κ1) is 22.1. The van der Waals surface area contributed by atoms with Gasteiger partial charge < -0.3 is 18.9 Å². The van der Waals surface area contributed by atoms with Gasteiger partial charge in [-0.2, -0.15) is 0 Å². The van der Waals surface area contributed by atoms with Gasteiger partial charge in [-0.1, -0.05) is 42.4 Å². The fourth-order valence-electron chi connectivity index (χ4n) is 1.68. The lowest BCUT2D eigenvalue weighted by molar-refractivity contribution is -0.145. The fraction of sp³-hybridized carbons (Fsp3) is 0.938. The number of ether oxygens (including phenoxy) is 4. The van der Waals surface area contributed by atoms with Gasteiger partial charge in [0.05, 0.1) is 33.0 Å². The van der Waals surface area contributed by atoms with E-state index in [1.165, 1.54) is 23.7 Å². The molecule has 0 spiro atoms. The van der Waals surface area contributed by atoms with Crippen LogP contribution in [-0.2, 0) is 23.7 Å². The molecule has 0 rings (SSSR count). The highest BCUT2D eigenvalue weighted by Gasteiger charge is 1.99. The molecule has 0 saturated heterocycles. The van der Waals surface area contributed by atoms with E-state index in [0.29, 0.717) is 46.1 Å². The van der Waals surface area contributed by atoms with E-state index < -0.39 is 0 Å². The second-order valence-corrected chi connectivity index (χ2v) is 5.99. The minimum atomic E-state index is -0.159. The summed E-state index contributed by atoms with van der Waals surface area (Å²) < 4.78 is 22.4. The Labute approximate surface area is 148 Å². The smallest absolute Gasteiger partial charge is 0.305 e. The molecule has 0 N–H and O–H groups in total. The van der Waals surface area contributed by atoms with E-state index in [1.807, 2.05) is 6.92 Å². The quantitative estimate of drug-likeness (QED) is 0.153. The first-order chi connectivity index (χ1) is 10.8. The molecule has 0 heterocycles. The molecule has 0 fully saturated rings. The van der Waals surface area contributed by atoms with Crippen molar-refractivity contribution in [2.75, 3.05) is 50.7 Å². The number of unbranched alkanes of at least 4 members (excludes halogenated alkanes) is 3. The topological polar surface area (TPSA) is 54.0 Å². The number of esters is 1. The molecular formula is C16H31IO5. The summed E-state index contributed by atoms with van der Waals surface area (Å²) in [5, 5.41) is 0. The maximum Gasteiger partial charge on any atom is 0.305 e. The summed E-state index contributed by atoms with van der Waals surface area (Å²) in [4.78, 5) is 11.1. The second kappa shape index (κ2) is 19.1. The van der Waals surface area contributed by atoms with Crippen LogP contribution in [0.4, 0.5) is 0 Å². The normalized spacial score (nSPS) is 10.8. The van der Waals surface area contributed by atoms with Crippen LogP contribution in [0.5, 0.6) is 0 Å². The van der Waals surface area contributed by atoms with Gasteiger partial charge in [0.2, 0.25) is 0 Å². The van der Waals surface area contributed by atoms with Crippen molar-refractivity contribution in [2.24, 2.45) is 0 Å². The molecule has 132 valence electrons. The van der Waals surface area contributed by atoms with Crippen LogP contribution < -0.4 is 0 Å². The lowest BCUT2D eigenvalue weighted by Crippen LogP contribution is -2.13. The number of hydrogen-bond acceptors (Lipinski definition) is 5. The molecule has 0 amide bonds. The highest BCUT2D eigenvalue weighted by Crippen LogP contribution is 2.02. The van der Waals surface area contributed by atoms with Gasteiger partial charge in [-0.05, 0) is 23.7 Å². The van der Waals surface area contributed by atoms with Crippen molar-refractivity contribution in [3.8, 4) is 0 Å². The molecule has 0 unspecified atom stereocenters. The van der Waals surface area contributed by atoms with Crippen molar-refractivity contribution in [2.45, 2.75) is 45.4 Å². The van der Waals surface area contributed by atoms with Gasteiger partial charge in [0, 0.05) is 13.0 Å². The Hall–Kier alpha value is 0.0800. The molecule has 0 aliphatic carbocycles. The third-order valence-electron chi connectivity index (χ3n) is 2.86. The van der Waals surface area contributed by atoms with Gasteiger partial charge in [-0.3, -0.25) is 4.79 Å². The molecule has 6 heteroatoms. The molecule has 0 aromatic rings. The van der Waals surface area contributed by atoms with Crippen molar-refractivity contribution < 1.29 is 23.7 Å². The van der Waals surface area contributed by atoms with Gasteiger partial charge >= 0.3 is 5.97 Å². The molecule has 0 bridgehead atoms. The predicted octanol–water partition coefficient (Wildman–Crippen LogP) is 3.37. The van der Waals surface area contributed by atoms with E-state index in [9.17, 15) is 4.79 Å². The third kappa shape index (κ3) is 18.1. The summed E-state index contributed by atoms with van der Waals surface area (Å²) >= 11 is 2.41. The van der Waals surface area contributed by atoms with E-state index in [-0.39, 0.29) is 5.97 Å². The predicted molar refractivity (Wildman–Crippen MR) is 95.7 cm³/mol. The van der Waals surface area contributed by atoms with E-state index in [2.05, 4.69) is 22.6 Å². The Balaban J connectivity index is 3.01. The van der Waals surface area contributed by atoms with Crippen molar-refractivity contribution in [1.82, 2.24) is 0 Å². The number of carbonyl (C=O) groups is 1. The largest absolute Gasteiger partial charge is 0.463 e. The number of rotatable bonds is 17. The standard InChI is InChI=1S/C16H31IO5/c1-2-7-16(18)22-15-14-21-13-12-20-11-10-19-9-6-4-3-5-8-17/h2-15H2,1H3. The van der Waals surface area contributed by atoms with Crippen molar-refractivity contribution in [1.29, 1.82) is 0 Å². The molecule has 22 heavy (non-hydrogen) atoms. The molecule has 0 atom stereocenters. The van der Waals surface area contributed by atoms with E-state index in [1.54, 1.807) is 0 Å². The Morgan fingerprint density at radius 1 is 0.773 bits per heavy atom. The van der Waals surface area contributed by atoms with Crippen molar-refractivity contribution >= 4 is 28.6 Å². The zero-order chi connectivity index (χ0) is 16.3. The van der Waals surface area contributed by atoms with Crippen LogP contribution in [-0.4, -0.2) is 56.6 Å². The lowest BCUT2D eigenvalue weighted by atomic mass is 10.2. The summed E-state index contributed by atoms with van der Waals surface area (Å²) in [5.74, 6) is -0.159. The average molecular weight is 430 g/mol.